The van der Waals surface area contributed by atoms with Crippen LogP contribution >= 0.6 is 11.3 Å². The second kappa shape index (κ2) is 9.24. The normalized spacial score (nSPS) is 11.8. The first-order valence-electron chi connectivity index (χ1n) is 9.35. The Kier molecular flexibility index (Phi) is 6.71. The Balaban J connectivity index is 2.08. The summed E-state index contributed by atoms with van der Waals surface area (Å²) in [5, 5.41) is 0. The van der Waals surface area contributed by atoms with E-state index in [9.17, 15) is 4.79 Å². The summed E-state index contributed by atoms with van der Waals surface area (Å²) in [7, 11) is 4.90. The lowest BCUT2D eigenvalue weighted by atomic mass is 10.0. The Morgan fingerprint density at radius 1 is 1.03 bits per heavy atom. The Morgan fingerprint density at radius 3 is 2.41 bits per heavy atom. The van der Waals surface area contributed by atoms with E-state index in [1.165, 1.54) is 22.5 Å². The lowest BCUT2D eigenvalue weighted by molar-refractivity contribution is -0.117. The number of amides is 1. The van der Waals surface area contributed by atoms with Gasteiger partial charge >= 0.3 is 0 Å². The molecule has 3 rings (SSSR count). The number of ether oxygens (including phenoxy) is 3. The third kappa shape index (κ3) is 4.52. The van der Waals surface area contributed by atoms with E-state index in [0.717, 1.165) is 21.5 Å². The second-order valence-electron chi connectivity index (χ2n) is 6.78. The summed E-state index contributed by atoms with van der Waals surface area (Å²) in [6, 6.07) is 9.77. The van der Waals surface area contributed by atoms with Crippen LogP contribution < -0.4 is 14.3 Å². The van der Waals surface area contributed by atoms with Gasteiger partial charge in [0.2, 0.25) is 0 Å². The number of aromatic nitrogens is 1. The van der Waals surface area contributed by atoms with Gasteiger partial charge in [-0.25, -0.2) is 0 Å². The molecule has 0 spiro atoms. The van der Waals surface area contributed by atoms with E-state index in [0.29, 0.717) is 23.7 Å². The molecule has 0 radical (unpaired) electrons. The smallest absolute Gasteiger partial charge is 0.252 e. The number of carbonyl (C=O) groups is 1. The summed E-state index contributed by atoms with van der Waals surface area (Å²) in [5.41, 5.74) is 4.19. The summed E-state index contributed by atoms with van der Waals surface area (Å²) in [6.07, 6.45) is 0.258. The van der Waals surface area contributed by atoms with Gasteiger partial charge in [-0.2, -0.15) is 4.99 Å². The minimum atomic E-state index is -0.191. The molecule has 1 heterocycles. The van der Waals surface area contributed by atoms with E-state index in [1.807, 2.05) is 41.8 Å². The molecule has 0 atom stereocenters. The molecule has 2 aromatic carbocycles. The van der Waals surface area contributed by atoms with Gasteiger partial charge in [0.1, 0.15) is 21.7 Å². The van der Waals surface area contributed by atoms with Crippen molar-refractivity contribution < 1.29 is 19.0 Å². The molecule has 0 saturated carbocycles. The van der Waals surface area contributed by atoms with Crippen LogP contribution in [0.5, 0.6) is 11.5 Å². The van der Waals surface area contributed by atoms with Crippen LogP contribution in [0.3, 0.4) is 0 Å². The van der Waals surface area contributed by atoms with Gasteiger partial charge in [-0.15, -0.1) is 0 Å². The van der Waals surface area contributed by atoms with Crippen LogP contribution in [0.2, 0.25) is 0 Å². The van der Waals surface area contributed by atoms with E-state index in [-0.39, 0.29) is 12.3 Å². The number of nitrogens with zero attached hydrogens (tertiary/aromatic N) is 2. The summed E-state index contributed by atoms with van der Waals surface area (Å²) < 4.78 is 19.2. The Hall–Kier alpha value is -2.64. The topological polar surface area (TPSA) is 62.1 Å². The zero-order valence-electron chi connectivity index (χ0n) is 17.4. The van der Waals surface area contributed by atoms with Crippen molar-refractivity contribution in [2.75, 3.05) is 27.9 Å². The van der Waals surface area contributed by atoms with Gasteiger partial charge in [0.25, 0.3) is 5.91 Å². The maximum absolute atomic E-state index is 12.7. The first kappa shape index (κ1) is 21.1. The number of benzene rings is 2. The van der Waals surface area contributed by atoms with Crippen LogP contribution in [-0.4, -0.2) is 38.4 Å². The van der Waals surface area contributed by atoms with Crippen LogP contribution in [0.4, 0.5) is 0 Å². The van der Waals surface area contributed by atoms with Gasteiger partial charge in [-0.1, -0.05) is 29.5 Å². The molecule has 6 nitrogen and oxygen atoms in total. The average molecular weight is 415 g/mol. The molecule has 29 heavy (non-hydrogen) atoms. The Labute approximate surface area is 174 Å². The van der Waals surface area contributed by atoms with Crippen molar-refractivity contribution in [3.8, 4) is 11.5 Å². The Morgan fingerprint density at radius 2 is 1.76 bits per heavy atom. The molecule has 0 fully saturated rings. The van der Waals surface area contributed by atoms with E-state index >= 15 is 0 Å². The molecule has 7 heteroatoms. The molecule has 0 N–H and O–H groups in total. The fourth-order valence-electron chi connectivity index (χ4n) is 3.16. The van der Waals surface area contributed by atoms with Crippen molar-refractivity contribution >= 4 is 27.5 Å². The minimum Gasteiger partial charge on any atom is -0.495 e. The predicted octanol–water partition coefficient (Wildman–Crippen LogP) is 3.65. The van der Waals surface area contributed by atoms with Crippen LogP contribution in [0, 0.1) is 13.8 Å². The SMILES string of the molecule is COCCn1c(=NC(=O)Cc2ccc(C)c(C)c2)sc2c(OC)ccc(OC)c21. The molecule has 0 aliphatic heterocycles. The highest BCUT2D eigenvalue weighted by molar-refractivity contribution is 7.16. The summed E-state index contributed by atoms with van der Waals surface area (Å²) in [5.74, 6) is 1.24. The summed E-state index contributed by atoms with van der Waals surface area (Å²) in [6.45, 7) is 5.15. The number of carbonyl (C=O) groups excluding carboxylic acids is 1. The Bertz CT molecular complexity index is 1100. The van der Waals surface area contributed by atoms with Crippen molar-refractivity contribution in [3.63, 3.8) is 0 Å². The second-order valence-corrected chi connectivity index (χ2v) is 7.76. The number of rotatable bonds is 7. The van der Waals surface area contributed by atoms with E-state index < -0.39 is 0 Å². The van der Waals surface area contributed by atoms with Crippen molar-refractivity contribution in [3.05, 3.63) is 51.8 Å². The van der Waals surface area contributed by atoms with E-state index in [4.69, 9.17) is 14.2 Å². The van der Waals surface area contributed by atoms with E-state index in [2.05, 4.69) is 11.9 Å². The zero-order chi connectivity index (χ0) is 21.0. The molecule has 1 aromatic heterocycles. The standard InChI is InChI=1S/C22H26N2O4S/c1-14-6-7-16(12-15(14)2)13-19(25)23-22-24(10-11-26-3)20-17(27-4)8-9-18(28-5)21(20)29-22/h6-9,12H,10-11,13H2,1-5H3. The minimum absolute atomic E-state index is 0.191. The van der Waals surface area contributed by atoms with Crippen LogP contribution in [-0.2, 0) is 22.5 Å². The molecule has 0 aliphatic carbocycles. The first-order chi connectivity index (χ1) is 14.0. The van der Waals surface area contributed by atoms with Crippen LogP contribution in [0.1, 0.15) is 16.7 Å². The number of fused-ring (bicyclic) bond motifs is 1. The average Bonchev–Trinajstić information content (AvgIpc) is 3.06. The third-order valence-electron chi connectivity index (χ3n) is 4.86. The highest BCUT2D eigenvalue weighted by atomic mass is 32.1. The van der Waals surface area contributed by atoms with Gasteiger partial charge in [0, 0.05) is 13.7 Å². The first-order valence-corrected chi connectivity index (χ1v) is 10.2. The summed E-state index contributed by atoms with van der Waals surface area (Å²) in [4.78, 5) is 17.8. The quantitative estimate of drug-likeness (QED) is 0.592. The zero-order valence-corrected chi connectivity index (χ0v) is 18.3. The molecule has 0 saturated heterocycles. The number of aryl methyl sites for hydroxylation is 2. The lowest BCUT2D eigenvalue weighted by Crippen LogP contribution is -2.20. The molecular weight excluding hydrogens is 388 g/mol. The fraction of sp³-hybridized carbons (Fsp3) is 0.364. The van der Waals surface area contributed by atoms with Crippen molar-refractivity contribution in [1.82, 2.24) is 4.57 Å². The van der Waals surface area contributed by atoms with Crippen LogP contribution in [0.25, 0.3) is 10.2 Å². The van der Waals surface area contributed by atoms with Gasteiger partial charge in [-0.3, -0.25) is 4.79 Å². The van der Waals surface area contributed by atoms with Gasteiger partial charge in [-0.05, 0) is 42.7 Å². The number of thiazole rings is 1. The molecule has 154 valence electrons. The highest BCUT2D eigenvalue weighted by Crippen LogP contribution is 2.35. The highest BCUT2D eigenvalue weighted by Gasteiger charge is 2.16. The van der Waals surface area contributed by atoms with Crippen molar-refractivity contribution in [2.24, 2.45) is 4.99 Å². The van der Waals surface area contributed by atoms with Gasteiger partial charge < -0.3 is 18.8 Å². The van der Waals surface area contributed by atoms with Gasteiger partial charge in [0.05, 0.1) is 27.2 Å². The van der Waals surface area contributed by atoms with Crippen LogP contribution in [0.15, 0.2) is 35.3 Å². The van der Waals surface area contributed by atoms with E-state index in [1.54, 1.807) is 21.3 Å². The maximum atomic E-state index is 12.7. The summed E-state index contributed by atoms with van der Waals surface area (Å²) >= 11 is 1.41. The number of hydrogen-bond acceptors (Lipinski definition) is 5. The molecule has 0 unspecified atom stereocenters. The lowest BCUT2D eigenvalue weighted by Gasteiger charge is -2.09. The molecule has 3 aromatic rings. The predicted molar refractivity (Wildman–Crippen MR) is 115 cm³/mol. The maximum Gasteiger partial charge on any atom is 0.252 e. The molecule has 0 bridgehead atoms. The molecule has 1 amide bonds. The largest absolute Gasteiger partial charge is 0.495 e. The number of methoxy groups -OCH3 is 3. The fourth-order valence-corrected chi connectivity index (χ4v) is 4.35. The van der Waals surface area contributed by atoms with Crippen molar-refractivity contribution in [1.29, 1.82) is 0 Å². The van der Waals surface area contributed by atoms with Crippen molar-refractivity contribution in [2.45, 2.75) is 26.8 Å². The molecule has 0 aliphatic rings. The monoisotopic (exact) mass is 414 g/mol. The number of hydrogen-bond donors (Lipinski definition) is 0. The third-order valence-corrected chi connectivity index (χ3v) is 5.95. The van der Waals surface area contributed by atoms with Gasteiger partial charge in [0.15, 0.2) is 4.80 Å². The molecular formula is C22H26N2O4S.